The number of hydrogen-bond donors (Lipinski definition) is 2. The lowest BCUT2D eigenvalue weighted by Crippen LogP contribution is -2.15. The molecular weight excluding hydrogens is 160 g/mol. The van der Waals surface area contributed by atoms with Gasteiger partial charge in [-0.15, -0.1) is 0 Å². The number of aliphatic carboxylic acids is 1. The Kier molecular flexibility index (Phi) is 4.99. The van der Waals surface area contributed by atoms with Crippen LogP contribution in [-0.4, -0.2) is 35.5 Å². The van der Waals surface area contributed by atoms with Gasteiger partial charge >= 0.3 is 11.9 Å². The van der Waals surface area contributed by atoms with E-state index in [4.69, 9.17) is 10.4 Å². The van der Waals surface area contributed by atoms with Crippen LogP contribution < -0.4 is 0 Å². The van der Waals surface area contributed by atoms with Gasteiger partial charge in [0.1, 0.15) is 0 Å². The Bertz CT molecular complexity index is 141. The Morgan fingerprint density at radius 3 is 2.36 bits per heavy atom. The van der Waals surface area contributed by atoms with Gasteiger partial charge in [0.25, 0.3) is 0 Å². The van der Waals surface area contributed by atoms with Gasteiger partial charge in [0, 0.05) is 0 Å². The normalized spacial score (nSPS) is 9.18. The molecule has 0 saturated carbocycles. The van der Waals surface area contributed by atoms with E-state index in [1.54, 1.807) is 0 Å². The topological polar surface area (TPSA) is 102 Å². The summed E-state index contributed by atoms with van der Waals surface area (Å²) in [6.45, 7) is -1.46. The first-order valence-electron chi connectivity index (χ1n) is 2.47. The largest absolute Gasteiger partial charge is 0.479 e. The number of carboxylic acid groups (broad SMARTS) is 1. The van der Waals surface area contributed by atoms with Crippen molar-refractivity contribution in [2.45, 2.75) is 0 Å². The van der Waals surface area contributed by atoms with Crippen molar-refractivity contribution in [2.24, 2.45) is 0 Å². The summed E-state index contributed by atoms with van der Waals surface area (Å²) in [5, 5.41) is 15.6. The Hall–Kier alpha value is -1.18. The molecule has 0 aromatic heterocycles. The molecule has 0 heterocycles. The molecule has 0 aliphatic carbocycles. The van der Waals surface area contributed by atoms with E-state index in [0.29, 0.717) is 0 Å². The SMILES string of the molecule is O=C(O)COOC(=O)COO. The average molecular weight is 166 g/mol. The van der Waals surface area contributed by atoms with E-state index < -0.39 is 25.2 Å². The lowest BCUT2D eigenvalue weighted by molar-refractivity contribution is -0.294. The molecule has 2 N–H and O–H groups in total. The Labute approximate surface area is 60.9 Å². The Morgan fingerprint density at radius 1 is 1.27 bits per heavy atom. The van der Waals surface area contributed by atoms with Crippen molar-refractivity contribution in [1.29, 1.82) is 0 Å². The highest BCUT2D eigenvalue weighted by Gasteiger charge is 2.05. The minimum Gasteiger partial charge on any atom is -0.479 e. The summed E-state index contributed by atoms with van der Waals surface area (Å²) in [5.41, 5.74) is 0. The van der Waals surface area contributed by atoms with Crippen LogP contribution in [0.15, 0.2) is 0 Å². The van der Waals surface area contributed by atoms with Gasteiger partial charge in [0.2, 0.25) is 0 Å². The van der Waals surface area contributed by atoms with Crippen LogP contribution in [0.5, 0.6) is 0 Å². The van der Waals surface area contributed by atoms with E-state index in [-0.39, 0.29) is 0 Å². The minimum atomic E-state index is -1.28. The number of rotatable bonds is 5. The molecule has 0 aromatic carbocycles. The van der Waals surface area contributed by atoms with Crippen molar-refractivity contribution in [2.75, 3.05) is 13.2 Å². The van der Waals surface area contributed by atoms with E-state index in [1.165, 1.54) is 0 Å². The lowest BCUT2D eigenvalue weighted by Gasteiger charge is -1.98. The van der Waals surface area contributed by atoms with Crippen LogP contribution in [0.2, 0.25) is 0 Å². The second-order valence-corrected chi connectivity index (χ2v) is 1.38. The molecule has 0 spiro atoms. The monoisotopic (exact) mass is 166 g/mol. The molecule has 0 atom stereocenters. The quantitative estimate of drug-likeness (QED) is 0.400. The van der Waals surface area contributed by atoms with Gasteiger partial charge in [-0.2, -0.15) is 4.89 Å². The van der Waals surface area contributed by atoms with Gasteiger partial charge in [0.15, 0.2) is 13.2 Å². The second-order valence-electron chi connectivity index (χ2n) is 1.38. The van der Waals surface area contributed by atoms with E-state index >= 15 is 0 Å². The van der Waals surface area contributed by atoms with Gasteiger partial charge in [-0.05, 0) is 0 Å². The van der Waals surface area contributed by atoms with Gasteiger partial charge in [-0.3, -0.25) is 10.1 Å². The molecule has 0 rings (SSSR count). The molecule has 0 amide bonds. The standard InChI is InChI=1S/C4H6O7/c5-3(6)1-10-11-4(7)2-9-8/h8H,1-2H2,(H,5,6). The highest BCUT2D eigenvalue weighted by molar-refractivity contribution is 5.70. The zero-order valence-corrected chi connectivity index (χ0v) is 5.35. The smallest absolute Gasteiger partial charge is 0.371 e. The molecule has 0 fully saturated rings. The molecule has 0 aliphatic heterocycles. The first-order chi connectivity index (χ1) is 5.16. The van der Waals surface area contributed by atoms with Crippen LogP contribution in [0.25, 0.3) is 0 Å². The molecule has 64 valence electrons. The third kappa shape index (κ3) is 6.71. The van der Waals surface area contributed by atoms with E-state index in [2.05, 4.69) is 14.7 Å². The number of carbonyl (C=O) groups is 2. The number of carboxylic acids is 1. The third-order valence-electron chi connectivity index (χ3n) is 0.517. The molecular formula is C4H6O7. The number of carbonyl (C=O) groups excluding carboxylic acids is 1. The van der Waals surface area contributed by atoms with Crippen molar-refractivity contribution >= 4 is 11.9 Å². The predicted molar refractivity (Wildman–Crippen MR) is 28.3 cm³/mol. The summed E-state index contributed by atoms with van der Waals surface area (Å²) >= 11 is 0. The van der Waals surface area contributed by atoms with Gasteiger partial charge in [-0.1, -0.05) is 0 Å². The predicted octanol–water partition coefficient (Wildman–Crippen LogP) is -0.965. The van der Waals surface area contributed by atoms with Gasteiger partial charge < -0.3 is 5.11 Å². The molecule has 0 radical (unpaired) electrons. The molecule has 0 aromatic rings. The van der Waals surface area contributed by atoms with Crippen LogP contribution in [0.1, 0.15) is 0 Å². The molecule has 7 nitrogen and oxygen atoms in total. The van der Waals surface area contributed by atoms with E-state index in [9.17, 15) is 9.59 Å². The van der Waals surface area contributed by atoms with Crippen molar-refractivity contribution in [3.63, 3.8) is 0 Å². The van der Waals surface area contributed by atoms with Gasteiger partial charge in [-0.25, -0.2) is 14.5 Å². The van der Waals surface area contributed by atoms with E-state index in [1.807, 2.05) is 0 Å². The molecule has 0 aliphatic rings. The van der Waals surface area contributed by atoms with Crippen molar-refractivity contribution in [1.82, 2.24) is 0 Å². The van der Waals surface area contributed by atoms with Crippen LogP contribution in [0, 0.1) is 0 Å². The zero-order chi connectivity index (χ0) is 8.69. The summed E-state index contributed by atoms with van der Waals surface area (Å²) in [7, 11) is 0. The second kappa shape index (κ2) is 5.59. The minimum absolute atomic E-state index is 0.709. The van der Waals surface area contributed by atoms with Crippen molar-refractivity contribution < 1.29 is 34.6 Å². The highest BCUT2D eigenvalue weighted by atomic mass is 17.2. The van der Waals surface area contributed by atoms with Crippen LogP contribution in [0.4, 0.5) is 0 Å². The van der Waals surface area contributed by atoms with Gasteiger partial charge in [0.05, 0.1) is 0 Å². The summed E-state index contributed by atoms with van der Waals surface area (Å²) < 4.78 is 0. The molecule has 7 heteroatoms. The van der Waals surface area contributed by atoms with Crippen molar-refractivity contribution in [3.05, 3.63) is 0 Å². The summed E-state index contributed by atoms with van der Waals surface area (Å²) in [5.74, 6) is -2.29. The van der Waals surface area contributed by atoms with Crippen LogP contribution >= 0.6 is 0 Å². The number of hydrogen-bond acceptors (Lipinski definition) is 6. The molecule has 0 bridgehead atoms. The maximum atomic E-state index is 10.2. The molecule has 11 heavy (non-hydrogen) atoms. The molecule has 0 unspecified atom stereocenters. The summed E-state index contributed by atoms with van der Waals surface area (Å²) in [6, 6.07) is 0. The van der Waals surface area contributed by atoms with Crippen molar-refractivity contribution in [3.8, 4) is 0 Å². The summed E-state index contributed by atoms with van der Waals surface area (Å²) in [4.78, 5) is 31.0. The average Bonchev–Trinajstić information content (AvgIpc) is 1.87. The molecule has 0 saturated heterocycles. The fourth-order valence-electron chi connectivity index (χ4n) is 0.222. The van der Waals surface area contributed by atoms with Crippen LogP contribution in [-0.2, 0) is 24.3 Å². The first kappa shape index (κ1) is 9.82. The Balaban J connectivity index is 3.24. The maximum Gasteiger partial charge on any atom is 0.371 e. The third-order valence-corrected chi connectivity index (χ3v) is 0.517. The fraction of sp³-hybridized carbons (Fsp3) is 0.500. The fourth-order valence-corrected chi connectivity index (χ4v) is 0.222. The maximum absolute atomic E-state index is 10.2. The Morgan fingerprint density at radius 2 is 1.91 bits per heavy atom. The summed E-state index contributed by atoms with van der Waals surface area (Å²) in [6.07, 6.45) is 0. The lowest BCUT2D eigenvalue weighted by atomic mass is 10.7. The first-order valence-corrected chi connectivity index (χ1v) is 2.47. The van der Waals surface area contributed by atoms with E-state index in [0.717, 1.165) is 0 Å². The van der Waals surface area contributed by atoms with Crippen LogP contribution in [0.3, 0.4) is 0 Å². The highest BCUT2D eigenvalue weighted by Crippen LogP contribution is 1.81. The zero-order valence-electron chi connectivity index (χ0n) is 5.35.